The molecule has 0 unspecified atom stereocenters. The van der Waals surface area contributed by atoms with Crippen molar-refractivity contribution in [3.05, 3.63) is 58.9 Å². The first-order valence-electron chi connectivity index (χ1n) is 6.26. The van der Waals surface area contributed by atoms with Gasteiger partial charge in [-0.25, -0.2) is 4.39 Å². The van der Waals surface area contributed by atoms with Crippen LogP contribution in [0.25, 0.3) is 0 Å². The van der Waals surface area contributed by atoms with E-state index in [9.17, 15) is 4.39 Å². The number of fused-ring (bicyclic) bond motifs is 1. The van der Waals surface area contributed by atoms with Gasteiger partial charge in [-0.15, -0.1) is 0 Å². The van der Waals surface area contributed by atoms with E-state index in [1.165, 1.54) is 17.7 Å². The van der Waals surface area contributed by atoms with Gasteiger partial charge in [-0.2, -0.15) is 0 Å². The van der Waals surface area contributed by atoms with Crippen molar-refractivity contribution in [3.63, 3.8) is 0 Å². The van der Waals surface area contributed by atoms with E-state index in [-0.39, 0.29) is 5.02 Å². The highest BCUT2D eigenvalue weighted by molar-refractivity contribution is 7.80. The SMILES string of the molecule is Fc1ccc(NC(=S)N2CCc3ccccc32)cc1Cl. The van der Waals surface area contributed by atoms with E-state index >= 15 is 0 Å². The summed E-state index contributed by atoms with van der Waals surface area (Å²) in [6, 6.07) is 12.7. The minimum absolute atomic E-state index is 0.0830. The van der Waals surface area contributed by atoms with Crippen LogP contribution in [0.2, 0.25) is 5.02 Å². The van der Waals surface area contributed by atoms with E-state index in [4.69, 9.17) is 23.8 Å². The minimum Gasteiger partial charge on any atom is -0.332 e. The van der Waals surface area contributed by atoms with Gasteiger partial charge in [0.15, 0.2) is 5.11 Å². The van der Waals surface area contributed by atoms with Crippen molar-refractivity contribution in [1.82, 2.24) is 0 Å². The van der Waals surface area contributed by atoms with Crippen LogP contribution in [0, 0.1) is 5.82 Å². The molecule has 102 valence electrons. The normalized spacial score (nSPS) is 13.2. The summed E-state index contributed by atoms with van der Waals surface area (Å²) in [4.78, 5) is 2.04. The van der Waals surface area contributed by atoms with Gasteiger partial charge in [-0.05, 0) is 48.5 Å². The second-order valence-electron chi connectivity index (χ2n) is 4.59. The highest BCUT2D eigenvalue weighted by Crippen LogP contribution is 2.28. The molecule has 0 saturated heterocycles. The molecule has 1 aliphatic heterocycles. The largest absolute Gasteiger partial charge is 0.332 e. The molecule has 0 amide bonds. The zero-order valence-electron chi connectivity index (χ0n) is 10.6. The highest BCUT2D eigenvalue weighted by Gasteiger charge is 2.21. The van der Waals surface area contributed by atoms with Crippen LogP contribution in [0.4, 0.5) is 15.8 Å². The molecule has 0 fully saturated rings. The quantitative estimate of drug-likeness (QED) is 0.793. The third-order valence-corrected chi connectivity index (χ3v) is 3.92. The Morgan fingerprint density at radius 2 is 2.05 bits per heavy atom. The number of benzene rings is 2. The fourth-order valence-electron chi connectivity index (χ4n) is 2.31. The van der Waals surface area contributed by atoms with Crippen molar-refractivity contribution in [2.75, 3.05) is 16.8 Å². The Morgan fingerprint density at radius 3 is 2.85 bits per heavy atom. The summed E-state index contributed by atoms with van der Waals surface area (Å²) < 4.78 is 13.1. The predicted molar refractivity (Wildman–Crippen MR) is 85.1 cm³/mol. The van der Waals surface area contributed by atoms with Crippen molar-refractivity contribution >= 4 is 40.3 Å². The Kier molecular flexibility index (Phi) is 3.59. The fourth-order valence-corrected chi connectivity index (χ4v) is 2.80. The van der Waals surface area contributed by atoms with Gasteiger partial charge in [0.25, 0.3) is 0 Å². The number of para-hydroxylation sites is 1. The maximum Gasteiger partial charge on any atom is 0.177 e. The lowest BCUT2D eigenvalue weighted by Crippen LogP contribution is -2.33. The number of hydrogen-bond acceptors (Lipinski definition) is 1. The molecule has 3 rings (SSSR count). The topological polar surface area (TPSA) is 15.3 Å². The molecule has 5 heteroatoms. The van der Waals surface area contributed by atoms with Crippen LogP contribution in [0.3, 0.4) is 0 Å². The summed E-state index contributed by atoms with van der Waals surface area (Å²) in [5.41, 5.74) is 3.10. The third kappa shape index (κ3) is 2.49. The zero-order valence-corrected chi connectivity index (χ0v) is 12.1. The maximum atomic E-state index is 13.1. The molecule has 0 aliphatic carbocycles. The average molecular weight is 307 g/mol. The summed E-state index contributed by atoms with van der Waals surface area (Å²) in [5.74, 6) is -0.436. The number of hydrogen-bond donors (Lipinski definition) is 1. The summed E-state index contributed by atoms with van der Waals surface area (Å²) in [5, 5.41) is 3.78. The van der Waals surface area contributed by atoms with Gasteiger partial charge in [-0.3, -0.25) is 0 Å². The first-order chi connectivity index (χ1) is 9.65. The van der Waals surface area contributed by atoms with Crippen LogP contribution in [0.5, 0.6) is 0 Å². The number of nitrogens with one attached hydrogen (secondary N) is 1. The lowest BCUT2D eigenvalue weighted by atomic mass is 10.2. The maximum absolute atomic E-state index is 13.1. The Morgan fingerprint density at radius 1 is 1.25 bits per heavy atom. The molecule has 0 radical (unpaired) electrons. The number of rotatable bonds is 1. The second kappa shape index (κ2) is 5.38. The first-order valence-corrected chi connectivity index (χ1v) is 7.05. The Balaban J connectivity index is 1.79. The molecule has 2 nitrogen and oxygen atoms in total. The van der Waals surface area contributed by atoms with Gasteiger partial charge in [0.05, 0.1) is 5.02 Å². The van der Waals surface area contributed by atoms with Crippen LogP contribution < -0.4 is 10.2 Å². The molecule has 1 N–H and O–H groups in total. The van der Waals surface area contributed by atoms with Crippen LogP contribution >= 0.6 is 23.8 Å². The van der Waals surface area contributed by atoms with Crippen LogP contribution in [-0.2, 0) is 6.42 Å². The van der Waals surface area contributed by atoms with Gasteiger partial charge in [-0.1, -0.05) is 29.8 Å². The second-order valence-corrected chi connectivity index (χ2v) is 5.38. The molecular formula is C15H12ClFN2S. The van der Waals surface area contributed by atoms with Crippen molar-refractivity contribution in [2.45, 2.75) is 6.42 Å². The predicted octanol–water partition coefficient (Wildman–Crippen LogP) is 4.24. The van der Waals surface area contributed by atoms with E-state index in [1.807, 2.05) is 23.1 Å². The van der Waals surface area contributed by atoms with Crippen LogP contribution in [0.15, 0.2) is 42.5 Å². The molecule has 0 aromatic heterocycles. The van der Waals surface area contributed by atoms with Crippen LogP contribution in [0.1, 0.15) is 5.56 Å². The molecule has 0 atom stereocenters. The molecule has 0 spiro atoms. The van der Waals surface area contributed by atoms with Crippen molar-refractivity contribution in [2.24, 2.45) is 0 Å². The van der Waals surface area contributed by atoms with Gasteiger partial charge in [0, 0.05) is 17.9 Å². The zero-order chi connectivity index (χ0) is 14.1. The molecule has 1 aliphatic rings. The monoisotopic (exact) mass is 306 g/mol. The molecule has 2 aromatic carbocycles. The minimum atomic E-state index is -0.436. The van der Waals surface area contributed by atoms with E-state index < -0.39 is 5.82 Å². The third-order valence-electron chi connectivity index (χ3n) is 3.30. The number of nitrogens with zero attached hydrogens (tertiary/aromatic N) is 1. The van der Waals surface area contributed by atoms with Crippen molar-refractivity contribution in [3.8, 4) is 0 Å². The van der Waals surface area contributed by atoms with Gasteiger partial charge in [0.2, 0.25) is 0 Å². The van der Waals surface area contributed by atoms with E-state index in [0.29, 0.717) is 10.8 Å². The average Bonchev–Trinajstić information content (AvgIpc) is 2.87. The lowest BCUT2D eigenvalue weighted by molar-refractivity contribution is 0.628. The van der Waals surface area contributed by atoms with Crippen molar-refractivity contribution in [1.29, 1.82) is 0 Å². The van der Waals surface area contributed by atoms with Gasteiger partial charge < -0.3 is 10.2 Å². The Labute approximate surface area is 127 Å². The molecule has 20 heavy (non-hydrogen) atoms. The summed E-state index contributed by atoms with van der Waals surface area (Å²) >= 11 is 11.2. The van der Waals surface area contributed by atoms with Crippen LogP contribution in [-0.4, -0.2) is 11.7 Å². The molecule has 1 heterocycles. The van der Waals surface area contributed by atoms with Gasteiger partial charge >= 0.3 is 0 Å². The Hall–Kier alpha value is -1.65. The molecule has 0 bridgehead atoms. The molecule has 0 saturated carbocycles. The lowest BCUT2D eigenvalue weighted by Gasteiger charge is -2.21. The smallest absolute Gasteiger partial charge is 0.177 e. The Bertz CT molecular complexity index is 675. The van der Waals surface area contributed by atoms with E-state index in [2.05, 4.69) is 11.4 Å². The van der Waals surface area contributed by atoms with E-state index in [1.54, 1.807) is 6.07 Å². The number of halogens is 2. The van der Waals surface area contributed by atoms with Gasteiger partial charge in [0.1, 0.15) is 5.82 Å². The summed E-state index contributed by atoms with van der Waals surface area (Å²) in [6.07, 6.45) is 0.974. The number of thiocarbonyl (C=S) groups is 1. The standard InChI is InChI=1S/C15H12ClFN2S/c16-12-9-11(5-6-13(12)17)18-15(20)19-8-7-10-3-1-2-4-14(10)19/h1-6,9H,7-8H2,(H,18,20). The first kappa shape index (κ1) is 13.3. The molecule has 2 aromatic rings. The van der Waals surface area contributed by atoms with E-state index in [0.717, 1.165) is 18.7 Å². The summed E-state index contributed by atoms with van der Waals surface area (Å²) in [7, 11) is 0. The van der Waals surface area contributed by atoms with Crippen molar-refractivity contribution < 1.29 is 4.39 Å². The fraction of sp³-hybridized carbons (Fsp3) is 0.133. The molecular weight excluding hydrogens is 295 g/mol. The number of anilines is 2. The highest BCUT2D eigenvalue weighted by atomic mass is 35.5. The summed E-state index contributed by atoms with van der Waals surface area (Å²) in [6.45, 7) is 0.847.